The van der Waals surface area contributed by atoms with Gasteiger partial charge in [0.05, 0.1) is 0 Å². The highest BCUT2D eigenvalue weighted by Gasteiger charge is 2.24. The van der Waals surface area contributed by atoms with E-state index in [2.05, 4.69) is 10.3 Å². The Morgan fingerprint density at radius 1 is 0.963 bits per heavy atom. The van der Waals surface area contributed by atoms with Crippen LogP contribution in [0.15, 0.2) is 88.5 Å². The number of anilines is 1. The molecule has 1 amide bonds. The van der Waals surface area contributed by atoms with Gasteiger partial charge in [0.2, 0.25) is 5.91 Å². The molecule has 0 radical (unpaired) electrons. The van der Waals surface area contributed by atoms with Crippen molar-refractivity contribution in [2.45, 2.75) is 10.5 Å². The van der Waals surface area contributed by atoms with E-state index in [9.17, 15) is 9.18 Å². The molecule has 0 saturated carbocycles. The van der Waals surface area contributed by atoms with Crippen molar-refractivity contribution >= 4 is 34.5 Å². The summed E-state index contributed by atoms with van der Waals surface area (Å²) in [6.07, 6.45) is 0. The van der Waals surface area contributed by atoms with E-state index in [0.29, 0.717) is 16.5 Å². The number of hydrogen-bond acceptors (Lipinski definition) is 4. The Bertz CT molecular complexity index is 1030. The Morgan fingerprint density at radius 2 is 1.67 bits per heavy atom. The number of amides is 1. The SMILES string of the molecule is O=C(Nc1ccc(F)cc1)[C@H](Sc1nc2ccccc2o1)c1ccccc1. The molecule has 4 nitrogen and oxygen atoms in total. The van der Waals surface area contributed by atoms with Crippen molar-refractivity contribution in [2.24, 2.45) is 0 Å². The van der Waals surface area contributed by atoms with Crippen molar-refractivity contribution in [3.05, 3.63) is 90.2 Å². The lowest BCUT2D eigenvalue weighted by Crippen LogP contribution is -2.19. The van der Waals surface area contributed by atoms with Crippen molar-refractivity contribution < 1.29 is 13.6 Å². The molecular formula is C21H15FN2O2S. The molecule has 1 N–H and O–H groups in total. The fourth-order valence-electron chi connectivity index (χ4n) is 2.64. The van der Waals surface area contributed by atoms with E-state index in [4.69, 9.17) is 4.42 Å². The standard InChI is InChI=1S/C21H15FN2O2S/c22-15-10-12-16(13-11-15)23-20(25)19(14-6-2-1-3-7-14)27-21-24-17-8-4-5-9-18(17)26-21/h1-13,19H,(H,23,25)/t19-/m1/s1. The summed E-state index contributed by atoms with van der Waals surface area (Å²) in [7, 11) is 0. The first-order chi connectivity index (χ1) is 13.2. The van der Waals surface area contributed by atoms with E-state index in [1.807, 2.05) is 54.6 Å². The van der Waals surface area contributed by atoms with Crippen LogP contribution in [0.25, 0.3) is 11.1 Å². The predicted octanol–water partition coefficient (Wildman–Crippen LogP) is 5.44. The van der Waals surface area contributed by atoms with Gasteiger partial charge in [-0.15, -0.1) is 0 Å². The average molecular weight is 378 g/mol. The second-order valence-electron chi connectivity index (χ2n) is 5.85. The first-order valence-electron chi connectivity index (χ1n) is 8.33. The topological polar surface area (TPSA) is 55.1 Å². The van der Waals surface area contributed by atoms with Crippen LogP contribution in [-0.2, 0) is 4.79 Å². The Balaban J connectivity index is 1.62. The maximum Gasteiger partial charge on any atom is 0.257 e. The van der Waals surface area contributed by atoms with Crippen LogP contribution in [0, 0.1) is 5.82 Å². The van der Waals surface area contributed by atoms with Gasteiger partial charge in [0.15, 0.2) is 5.58 Å². The second kappa shape index (κ2) is 7.63. The van der Waals surface area contributed by atoms with E-state index in [1.165, 1.54) is 36.0 Å². The van der Waals surface area contributed by atoms with Gasteiger partial charge in [-0.2, -0.15) is 0 Å². The van der Waals surface area contributed by atoms with Gasteiger partial charge in [-0.1, -0.05) is 42.5 Å². The molecule has 0 aliphatic carbocycles. The molecule has 0 aliphatic rings. The van der Waals surface area contributed by atoms with Gasteiger partial charge in [0, 0.05) is 5.69 Å². The molecule has 134 valence electrons. The number of carbonyl (C=O) groups excluding carboxylic acids is 1. The normalized spacial score (nSPS) is 12.0. The van der Waals surface area contributed by atoms with Crippen molar-refractivity contribution in [3.8, 4) is 0 Å². The van der Waals surface area contributed by atoms with Crippen molar-refractivity contribution in [2.75, 3.05) is 5.32 Å². The van der Waals surface area contributed by atoms with Gasteiger partial charge in [0.1, 0.15) is 16.6 Å². The summed E-state index contributed by atoms with van der Waals surface area (Å²) >= 11 is 1.23. The molecule has 0 unspecified atom stereocenters. The molecule has 1 atom stereocenters. The van der Waals surface area contributed by atoms with Gasteiger partial charge < -0.3 is 9.73 Å². The quantitative estimate of drug-likeness (QED) is 0.470. The fraction of sp³-hybridized carbons (Fsp3) is 0.0476. The lowest BCUT2D eigenvalue weighted by atomic mass is 10.1. The number of carbonyl (C=O) groups is 1. The number of halogens is 1. The minimum Gasteiger partial charge on any atom is -0.431 e. The summed E-state index contributed by atoms with van der Waals surface area (Å²) in [5, 5.41) is 2.68. The maximum atomic E-state index is 13.1. The van der Waals surface area contributed by atoms with Crippen LogP contribution < -0.4 is 5.32 Å². The molecule has 4 rings (SSSR count). The zero-order valence-corrected chi connectivity index (χ0v) is 14.9. The first kappa shape index (κ1) is 17.3. The molecule has 0 bridgehead atoms. The number of benzene rings is 3. The lowest BCUT2D eigenvalue weighted by Gasteiger charge is -2.15. The highest BCUT2D eigenvalue weighted by molar-refractivity contribution is 8.00. The highest BCUT2D eigenvalue weighted by atomic mass is 32.2. The summed E-state index contributed by atoms with van der Waals surface area (Å²) in [6, 6.07) is 22.5. The zero-order chi connectivity index (χ0) is 18.6. The van der Waals surface area contributed by atoms with Gasteiger partial charge in [-0.3, -0.25) is 4.79 Å². The Labute approximate surface area is 159 Å². The number of nitrogens with zero attached hydrogens (tertiary/aromatic N) is 1. The number of rotatable bonds is 5. The number of thioether (sulfide) groups is 1. The number of oxazole rings is 1. The maximum absolute atomic E-state index is 13.1. The van der Waals surface area contributed by atoms with E-state index in [0.717, 1.165) is 11.1 Å². The van der Waals surface area contributed by atoms with Gasteiger partial charge in [-0.25, -0.2) is 9.37 Å². The molecule has 1 aromatic heterocycles. The van der Waals surface area contributed by atoms with Crippen LogP contribution >= 0.6 is 11.8 Å². The Kier molecular flexibility index (Phi) is 4.89. The Morgan fingerprint density at radius 3 is 2.41 bits per heavy atom. The average Bonchev–Trinajstić information content (AvgIpc) is 3.11. The Hall–Kier alpha value is -3.12. The minimum atomic E-state index is -0.565. The molecular weight excluding hydrogens is 363 g/mol. The number of fused-ring (bicyclic) bond motifs is 1. The first-order valence-corrected chi connectivity index (χ1v) is 9.20. The van der Waals surface area contributed by atoms with Crippen LogP contribution in [0.3, 0.4) is 0 Å². The highest BCUT2D eigenvalue weighted by Crippen LogP contribution is 2.37. The van der Waals surface area contributed by atoms with Crippen molar-refractivity contribution in [1.82, 2.24) is 4.98 Å². The fourth-order valence-corrected chi connectivity index (χ4v) is 3.59. The summed E-state index contributed by atoms with van der Waals surface area (Å²) in [5.41, 5.74) is 2.77. The number of nitrogens with one attached hydrogen (secondary N) is 1. The summed E-state index contributed by atoms with van der Waals surface area (Å²) < 4.78 is 18.9. The minimum absolute atomic E-state index is 0.236. The molecule has 0 aliphatic heterocycles. The third-order valence-electron chi connectivity index (χ3n) is 3.95. The largest absolute Gasteiger partial charge is 0.431 e. The molecule has 4 aromatic rings. The summed E-state index contributed by atoms with van der Waals surface area (Å²) in [4.78, 5) is 17.4. The summed E-state index contributed by atoms with van der Waals surface area (Å²) in [5.74, 6) is -0.589. The van der Waals surface area contributed by atoms with Crippen LogP contribution in [0.2, 0.25) is 0 Å². The third-order valence-corrected chi connectivity index (χ3v) is 5.04. The predicted molar refractivity (Wildman–Crippen MR) is 104 cm³/mol. The summed E-state index contributed by atoms with van der Waals surface area (Å²) in [6.45, 7) is 0. The molecule has 3 aromatic carbocycles. The smallest absolute Gasteiger partial charge is 0.257 e. The van der Waals surface area contributed by atoms with Crippen LogP contribution in [0.1, 0.15) is 10.8 Å². The molecule has 0 saturated heterocycles. The van der Waals surface area contributed by atoms with Crippen LogP contribution in [0.5, 0.6) is 0 Å². The van der Waals surface area contributed by atoms with Gasteiger partial charge in [-0.05, 0) is 53.7 Å². The molecule has 27 heavy (non-hydrogen) atoms. The number of aromatic nitrogens is 1. The van der Waals surface area contributed by atoms with Gasteiger partial charge in [0.25, 0.3) is 5.22 Å². The second-order valence-corrected chi connectivity index (χ2v) is 6.91. The number of hydrogen-bond donors (Lipinski definition) is 1. The lowest BCUT2D eigenvalue weighted by molar-refractivity contribution is -0.115. The zero-order valence-electron chi connectivity index (χ0n) is 14.1. The number of para-hydroxylation sites is 2. The van der Waals surface area contributed by atoms with Crippen LogP contribution in [0.4, 0.5) is 10.1 Å². The van der Waals surface area contributed by atoms with Crippen LogP contribution in [-0.4, -0.2) is 10.9 Å². The third kappa shape index (κ3) is 4.01. The van der Waals surface area contributed by atoms with E-state index >= 15 is 0 Å². The van der Waals surface area contributed by atoms with Crippen molar-refractivity contribution in [1.29, 1.82) is 0 Å². The van der Waals surface area contributed by atoms with E-state index < -0.39 is 5.25 Å². The van der Waals surface area contributed by atoms with E-state index in [-0.39, 0.29) is 11.7 Å². The van der Waals surface area contributed by atoms with E-state index in [1.54, 1.807) is 0 Å². The molecule has 0 fully saturated rings. The molecule has 1 heterocycles. The van der Waals surface area contributed by atoms with Gasteiger partial charge >= 0.3 is 0 Å². The monoisotopic (exact) mass is 378 g/mol. The molecule has 6 heteroatoms. The van der Waals surface area contributed by atoms with Crippen molar-refractivity contribution in [3.63, 3.8) is 0 Å². The molecule has 0 spiro atoms.